The number of nitrogens with one attached hydrogen (secondary N) is 1. The van der Waals surface area contributed by atoms with Crippen LogP contribution < -0.4 is 5.32 Å². The molecule has 2 aromatic carbocycles. The SMILES string of the molecule is Cc1cccc(-n2cc(-c3ccc(Cl)cc3F)c3c(NC4CCOCC4)ncnc32)c1. The minimum Gasteiger partial charge on any atom is -0.381 e. The second kappa shape index (κ2) is 8.29. The summed E-state index contributed by atoms with van der Waals surface area (Å²) in [6.45, 7) is 3.48. The van der Waals surface area contributed by atoms with Gasteiger partial charge in [-0.25, -0.2) is 14.4 Å². The average molecular weight is 437 g/mol. The van der Waals surface area contributed by atoms with Crippen molar-refractivity contribution in [3.05, 3.63) is 71.4 Å². The Morgan fingerprint density at radius 1 is 1.10 bits per heavy atom. The molecular formula is C24H22ClFN4O. The van der Waals surface area contributed by atoms with E-state index in [-0.39, 0.29) is 11.9 Å². The summed E-state index contributed by atoms with van der Waals surface area (Å²) in [5, 5.41) is 4.70. The van der Waals surface area contributed by atoms with Gasteiger partial charge in [-0.15, -0.1) is 0 Å². The van der Waals surface area contributed by atoms with Crippen LogP contribution in [0.2, 0.25) is 5.02 Å². The Labute approximate surface area is 184 Å². The fourth-order valence-corrected chi connectivity index (χ4v) is 4.25. The first kappa shape index (κ1) is 20.0. The van der Waals surface area contributed by atoms with Crippen LogP contribution in [0.3, 0.4) is 0 Å². The lowest BCUT2D eigenvalue weighted by molar-refractivity contribution is 0.0904. The molecule has 31 heavy (non-hydrogen) atoms. The Balaban J connectivity index is 1.73. The number of nitrogens with zero attached hydrogens (tertiary/aromatic N) is 3. The number of halogens is 2. The quantitative estimate of drug-likeness (QED) is 0.440. The predicted octanol–water partition coefficient (Wildman–Crippen LogP) is 5.78. The van der Waals surface area contributed by atoms with Gasteiger partial charge in [0.2, 0.25) is 0 Å². The van der Waals surface area contributed by atoms with E-state index in [1.807, 2.05) is 35.9 Å². The normalized spacial score (nSPS) is 14.8. The van der Waals surface area contributed by atoms with Gasteiger partial charge in [0, 0.05) is 47.3 Å². The molecule has 1 aliphatic rings. The second-order valence-electron chi connectivity index (χ2n) is 7.83. The number of benzene rings is 2. The van der Waals surface area contributed by atoms with Crippen molar-refractivity contribution < 1.29 is 9.13 Å². The van der Waals surface area contributed by atoms with Gasteiger partial charge in [0.05, 0.1) is 5.39 Å². The zero-order chi connectivity index (χ0) is 21.4. The summed E-state index contributed by atoms with van der Waals surface area (Å²) in [6.07, 6.45) is 5.28. The molecule has 1 fully saturated rings. The lowest BCUT2D eigenvalue weighted by Crippen LogP contribution is -2.28. The fourth-order valence-electron chi connectivity index (χ4n) is 4.09. The molecule has 1 aliphatic heterocycles. The molecule has 0 unspecified atom stereocenters. The van der Waals surface area contributed by atoms with Crippen molar-refractivity contribution in [3.63, 3.8) is 0 Å². The Hall–Kier alpha value is -2.96. The molecule has 0 radical (unpaired) electrons. The van der Waals surface area contributed by atoms with Crippen molar-refractivity contribution in [2.24, 2.45) is 0 Å². The van der Waals surface area contributed by atoms with Crippen molar-refractivity contribution in [1.29, 1.82) is 0 Å². The van der Waals surface area contributed by atoms with Gasteiger partial charge >= 0.3 is 0 Å². The average Bonchev–Trinajstić information content (AvgIpc) is 3.15. The number of fused-ring (bicyclic) bond motifs is 1. The smallest absolute Gasteiger partial charge is 0.150 e. The van der Waals surface area contributed by atoms with Crippen molar-refractivity contribution >= 4 is 28.5 Å². The van der Waals surface area contributed by atoms with E-state index in [1.165, 1.54) is 6.07 Å². The minimum atomic E-state index is -0.378. The molecule has 7 heteroatoms. The zero-order valence-electron chi connectivity index (χ0n) is 17.1. The van der Waals surface area contributed by atoms with Crippen LogP contribution in [-0.2, 0) is 4.74 Å². The largest absolute Gasteiger partial charge is 0.381 e. The molecule has 1 saturated heterocycles. The third-order valence-corrected chi connectivity index (χ3v) is 5.88. The molecule has 3 heterocycles. The molecule has 4 aromatic rings. The highest BCUT2D eigenvalue weighted by atomic mass is 35.5. The topological polar surface area (TPSA) is 52.0 Å². The van der Waals surface area contributed by atoms with Crippen LogP contribution in [-0.4, -0.2) is 33.8 Å². The molecule has 1 N–H and O–H groups in total. The number of ether oxygens (including phenoxy) is 1. The molecule has 0 amide bonds. The van der Waals surface area contributed by atoms with E-state index < -0.39 is 0 Å². The van der Waals surface area contributed by atoms with Gasteiger partial charge in [-0.1, -0.05) is 23.7 Å². The first-order valence-corrected chi connectivity index (χ1v) is 10.7. The van der Waals surface area contributed by atoms with Crippen LogP contribution in [0, 0.1) is 12.7 Å². The van der Waals surface area contributed by atoms with Gasteiger partial charge in [-0.3, -0.25) is 0 Å². The van der Waals surface area contributed by atoms with Gasteiger partial charge in [0.1, 0.15) is 18.0 Å². The molecule has 2 aromatic heterocycles. The van der Waals surface area contributed by atoms with E-state index in [2.05, 4.69) is 21.4 Å². The van der Waals surface area contributed by atoms with E-state index in [1.54, 1.807) is 18.5 Å². The number of hydrogen-bond acceptors (Lipinski definition) is 4. The Kier molecular flexibility index (Phi) is 5.34. The zero-order valence-corrected chi connectivity index (χ0v) is 17.9. The highest BCUT2D eigenvalue weighted by molar-refractivity contribution is 6.30. The van der Waals surface area contributed by atoms with Gasteiger partial charge < -0.3 is 14.6 Å². The lowest BCUT2D eigenvalue weighted by Gasteiger charge is -2.24. The molecular weight excluding hydrogens is 415 g/mol. The van der Waals surface area contributed by atoms with Crippen LogP contribution >= 0.6 is 11.6 Å². The van der Waals surface area contributed by atoms with E-state index in [9.17, 15) is 4.39 Å². The van der Waals surface area contributed by atoms with Crippen LogP contribution in [0.5, 0.6) is 0 Å². The molecule has 5 nitrogen and oxygen atoms in total. The summed E-state index contributed by atoms with van der Waals surface area (Å²) in [7, 11) is 0. The van der Waals surface area contributed by atoms with Crippen LogP contribution in [0.25, 0.3) is 27.8 Å². The maximum atomic E-state index is 15.0. The molecule has 0 spiro atoms. The van der Waals surface area contributed by atoms with Crippen molar-refractivity contribution in [2.75, 3.05) is 18.5 Å². The first-order chi connectivity index (χ1) is 15.1. The highest BCUT2D eigenvalue weighted by Crippen LogP contribution is 2.37. The standard InChI is InChI=1S/C24H22ClFN4O/c1-15-3-2-4-18(11-15)30-13-20(19-6-5-16(25)12-21(19)26)22-23(27-14-28-24(22)30)29-17-7-9-31-10-8-17/h2-6,11-14,17H,7-10H2,1H3,(H,27,28,29). The fraction of sp³-hybridized carbons (Fsp3) is 0.250. The van der Waals surface area contributed by atoms with Gasteiger partial charge in [-0.2, -0.15) is 0 Å². The van der Waals surface area contributed by atoms with Crippen LogP contribution in [0.4, 0.5) is 10.2 Å². The number of aryl methyl sites for hydroxylation is 1. The maximum absolute atomic E-state index is 15.0. The van der Waals surface area contributed by atoms with Gasteiger partial charge in [0.25, 0.3) is 0 Å². The van der Waals surface area contributed by atoms with Gasteiger partial charge in [0.15, 0.2) is 5.65 Å². The molecule has 158 valence electrons. The third-order valence-electron chi connectivity index (χ3n) is 5.65. The lowest BCUT2D eigenvalue weighted by atomic mass is 10.0. The predicted molar refractivity (Wildman–Crippen MR) is 121 cm³/mol. The second-order valence-corrected chi connectivity index (χ2v) is 8.26. The number of aromatic nitrogens is 3. The summed E-state index contributed by atoms with van der Waals surface area (Å²) >= 11 is 6.01. The van der Waals surface area contributed by atoms with Gasteiger partial charge in [-0.05, 0) is 55.7 Å². The Bertz CT molecular complexity index is 1250. The molecule has 0 saturated carbocycles. The summed E-state index contributed by atoms with van der Waals surface area (Å²) < 4.78 is 22.4. The molecule has 5 rings (SSSR count). The summed E-state index contributed by atoms with van der Waals surface area (Å²) in [6, 6.07) is 13.1. The first-order valence-electron chi connectivity index (χ1n) is 10.3. The van der Waals surface area contributed by atoms with E-state index in [0.717, 1.165) is 53.9 Å². The number of hydrogen-bond donors (Lipinski definition) is 1. The summed E-state index contributed by atoms with van der Waals surface area (Å²) in [5.74, 6) is 0.323. The van der Waals surface area contributed by atoms with Crippen LogP contribution in [0.1, 0.15) is 18.4 Å². The summed E-state index contributed by atoms with van der Waals surface area (Å²) in [4.78, 5) is 9.11. The van der Waals surface area contributed by atoms with Crippen LogP contribution in [0.15, 0.2) is 55.0 Å². The Morgan fingerprint density at radius 3 is 2.71 bits per heavy atom. The van der Waals surface area contributed by atoms with E-state index in [4.69, 9.17) is 16.3 Å². The molecule has 0 atom stereocenters. The minimum absolute atomic E-state index is 0.247. The van der Waals surface area contributed by atoms with E-state index >= 15 is 0 Å². The third kappa shape index (κ3) is 3.89. The number of rotatable bonds is 4. The number of anilines is 1. The molecule has 0 aliphatic carbocycles. The molecule has 0 bridgehead atoms. The van der Waals surface area contributed by atoms with E-state index in [0.29, 0.717) is 16.4 Å². The highest BCUT2D eigenvalue weighted by Gasteiger charge is 2.22. The summed E-state index contributed by atoms with van der Waals surface area (Å²) in [5.41, 5.74) is 4.00. The maximum Gasteiger partial charge on any atom is 0.150 e. The van der Waals surface area contributed by atoms with Crippen molar-refractivity contribution in [2.45, 2.75) is 25.8 Å². The monoisotopic (exact) mass is 436 g/mol. The Morgan fingerprint density at radius 2 is 1.94 bits per heavy atom. The van der Waals surface area contributed by atoms with Crippen molar-refractivity contribution in [1.82, 2.24) is 14.5 Å². The van der Waals surface area contributed by atoms with Crippen molar-refractivity contribution in [3.8, 4) is 16.8 Å².